The molecule has 1 aromatic carbocycles. The van der Waals surface area contributed by atoms with Crippen LogP contribution in [0.25, 0.3) is 0 Å². The third-order valence-corrected chi connectivity index (χ3v) is 2.87. The zero-order valence-corrected chi connectivity index (χ0v) is 11.3. The van der Waals surface area contributed by atoms with Gasteiger partial charge in [0.1, 0.15) is 5.82 Å². The van der Waals surface area contributed by atoms with Crippen LogP contribution < -0.4 is 10.6 Å². The first kappa shape index (κ1) is 13.1. The van der Waals surface area contributed by atoms with Crippen molar-refractivity contribution < 1.29 is 4.79 Å². The SMILES string of the molecule is CNc1cc(C(=O)Nc2ccccc2C)cc(C)n1. The average Bonchev–Trinajstić information content (AvgIpc) is 2.40. The molecule has 0 aliphatic heterocycles. The lowest BCUT2D eigenvalue weighted by atomic mass is 10.1. The highest BCUT2D eigenvalue weighted by Crippen LogP contribution is 2.16. The third-order valence-electron chi connectivity index (χ3n) is 2.87. The molecule has 4 heteroatoms. The zero-order chi connectivity index (χ0) is 13.8. The Labute approximate surface area is 112 Å². The van der Waals surface area contributed by atoms with Crippen LogP contribution in [0.5, 0.6) is 0 Å². The Morgan fingerprint density at radius 3 is 2.58 bits per heavy atom. The number of rotatable bonds is 3. The molecule has 19 heavy (non-hydrogen) atoms. The van der Waals surface area contributed by atoms with Gasteiger partial charge in [0.25, 0.3) is 5.91 Å². The number of benzene rings is 1. The first-order valence-corrected chi connectivity index (χ1v) is 6.13. The Morgan fingerprint density at radius 2 is 1.89 bits per heavy atom. The van der Waals surface area contributed by atoms with Gasteiger partial charge in [0, 0.05) is 24.0 Å². The van der Waals surface area contributed by atoms with Crippen molar-refractivity contribution >= 4 is 17.4 Å². The summed E-state index contributed by atoms with van der Waals surface area (Å²) in [4.78, 5) is 16.5. The van der Waals surface area contributed by atoms with Gasteiger partial charge in [0.15, 0.2) is 0 Å². The largest absolute Gasteiger partial charge is 0.373 e. The summed E-state index contributed by atoms with van der Waals surface area (Å²) in [5, 5.41) is 5.86. The summed E-state index contributed by atoms with van der Waals surface area (Å²) < 4.78 is 0. The lowest BCUT2D eigenvalue weighted by molar-refractivity contribution is 0.102. The van der Waals surface area contributed by atoms with E-state index >= 15 is 0 Å². The molecule has 0 bridgehead atoms. The van der Waals surface area contributed by atoms with Gasteiger partial charge in [0.2, 0.25) is 0 Å². The van der Waals surface area contributed by atoms with Crippen LogP contribution in [0.1, 0.15) is 21.6 Å². The molecule has 0 spiro atoms. The van der Waals surface area contributed by atoms with Crippen molar-refractivity contribution in [1.29, 1.82) is 0 Å². The maximum atomic E-state index is 12.2. The second-order valence-corrected chi connectivity index (χ2v) is 4.40. The smallest absolute Gasteiger partial charge is 0.255 e. The van der Waals surface area contributed by atoms with Crippen LogP contribution in [0.3, 0.4) is 0 Å². The number of hydrogen-bond acceptors (Lipinski definition) is 3. The lowest BCUT2D eigenvalue weighted by Crippen LogP contribution is -2.13. The monoisotopic (exact) mass is 255 g/mol. The molecule has 0 fully saturated rings. The van der Waals surface area contributed by atoms with Crippen LogP contribution in [-0.4, -0.2) is 17.9 Å². The lowest BCUT2D eigenvalue weighted by Gasteiger charge is -2.09. The number of hydrogen-bond donors (Lipinski definition) is 2. The Kier molecular flexibility index (Phi) is 3.80. The minimum atomic E-state index is -0.128. The summed E-state index contributed by atoms with van der Waals surface area (Å²) in [5.74, 6) is 0.561. The number of carbonyl (C=O) groups is 1. The summed E-state index contributed by atoms with van der Waals surface area (Å²) in [6.45, 7) is 3.83. The Hall–Kier alpha value is -2.36. The van der Waals surface area contributed by atoms with E-state index in [0.29, 0.717) is 11.4 Å². The van der Waals surface area contributed by atoms with E-state index in [9.17, 15) is 4.79 Å². The summed E-state index contributed by atoms with van der Waals surface area (Å²) in [6, 6.07) is 11.2. The number of aromatic nitrogens is 1. The van der Waals surface area contributed by atoms with Crippen molar-refractivity contribution in [3.05, 3.63) is 53.2 Å². The Morgan fingerprint density at radius 1 is 1.16 bits per heavy atom. The van der Waals surface area contributed by atoms with Gasteiger partial charge in [-0.15, -0.1) is 0 Å². The van der Waals surface area contributed by atoms with Gasteiger partial charge in [0.05, 0.1) is 0 Å². The van der Waals surface area contributed by atoms with Crippen LogP contribution in [0, 0.1) is 13.8 Å². The van der Waals surface area contributed by atoms with E-state index in [2.05, 4.69) is 15.6 Å². The molecule has 2 rings (SSSR count). The fourth-order valence-electron chi connectivity index (χ4n) is 1.84. The fraction of sp³-hybridized carbons (Fsp3) is 0.200. The highest BCUT2D eigenvalue weighted by atomic mass is 16.1. The van der Waals surface area contributed by atoms with E-state index in [1.807, 2.05) is 38.1 Å². The molecule has 1 amide bonds. The maximum Gasteiger partial charge on any atom is 0.255 e. The third kappa shape index (κ3) is 3.10. The predicted molar refractivity (Wildman–Crippen MR) is 77.7 cm³/mol. The van der Waals surface area contributed by atoms with Gasteiger partial charge in [-0.1, -0.05) is 18.2 Å². The molecule has 4 nitrogen and oxygen atoms in total. The molecular weight excluding hydrogens is 238 g/mol. The topological polar surface area (TPSA) is 54.0 Å². The molecule has 2 N–H and O–H groups in total. The van der Waals surface area contributed by atoms with E-state index < -0.39 is 0 Å². The summed E-state index contributed by atoms with van der Waals surface area (Å²) in [7, 11) is 1.78. The standard InChI is InChI=1S/C15H17N3O/c1-10-6-4-5-7-13(10)18-15(19)12-8-11(2)17-14(9-12)16-3/h4-9H,1-3H3,(H,16,17)(H,18,19). The molecule has 0 saturated carbocycles. The number of para-hydroxylation sites is 1. The minimum absolute atomic E-state index is 0.128. The first-order valence-electron chi connectivity index (χ1n) is 6.13. The summed E-state index contributed by atoms with van der Waals surface area (Å²) in [6.07, 6.45) is 0. The Bertz CT molecular complexity index is 608. The van der Waals surface area contributed by atoms with Crippen molar-refractivity contribution in [1.82, 2.24) is 4.98 Å². The van der Waals surface area contributed by atoms with Gasteiger partial charge in [-0.2, -0.15) is 0 Å². The molecular formula is C15H17N3O. The van der Waals surface area contributed by atoms with Crippen LogP contribution in [-0.2, 0) is 0 Å². The van der Waals surface area contributed by atoms with Crippen molar-refractivity contribution in [3.63, 3.8) is 0 Å². The quantitative estimate of drug-likeness (QED) is 0.886. The second kappa shape index (κ2) is 5.52. The van der Waals surface area contributed by atoms with Crippen molar-refractivity contribution in [2.24, 2.45) is 0 Å². The number of pyridine rings is 1. The molecule has 1 aromatic heterocycles. The molecule has 0 unspecified atom stereocenters. The van der Waals surface area contributed by atoms with Crippen molar-refractivity contribution in [2.45, 2.75) is 13.8 Å². The molecule has 0 saturated heterocycles. The van der Waals surface area contributed by atoms with Crippen molar-refractivity contribution in [2.75, 3.05) is 17.7 Å². The van der Waals surface area contributed by atoms with E-state index in [4.69, 9.17) is 0 Å². The number of aryl methyl sites for hydroxylation is 2. The second-order valence-electron chi connectivity index (χ2n) is 4.40. The van der Waals surface area contributed by atoms with Gasteiger partial charge in [-0.25, -0.2) is 4.98 Å². The van der Waals surface area contributed by atoms with E-state index in [1.165, 1.54) is 0 Å². The van der Waals surface area contributed by atoms with Gasteiger partial charge < -0.3 is 10.6 Å². The number of anilines is 2. The van der Waals surface area contributed by atoms with Gasteiger partial charge in [-0.3, -0.25) is 4.79 Å². The van der Waals surface area contributed by atoms with Crippen molar-refractivity contribution in [3.8, 4) is 0 Å². The van der Waals surface area contributed by atoms with Crippen LogP contribution >= 0.6 is 0 Å². The van der Waals surface area contributed by atoms with Crippen LogP contribution in [0.15, 0.2) is 36.4 Å². The Balaban J connectivity index is 2.25. The number of nitrogens with zero attached hydrogens (tertiary/aromatic N) is 1. The predicted octanol–water partition coefficient (Wildman–Crippen LogP) is 2.99. The van der Waals surface area contributed by atoms with Gasteiger partial charge >= 0.3 is 0 Å². The summed E-state index contributed by atoms with van der Waals surface area (Å²) in [5.41, 5.74) is 3.27. The molecule has 0 aliphatic carbocycles. The first-order chi connectivity index (χ1) is 9.10. The van der Waals surface area contributed by atoms with Crippen LogP contribution in [0.4, 0.5) is 11.5 Å². The zero-order valence-electron chi connectivity index (χ0n) is 11.3. The molecule has 0 radical (unpaired) electrons. The molecule has 0 atom stereocenters. The molecule has 0 aliphatic rings. The van der Waals surface area contributed by atoms with Gasteiger partial charge in [-0.05, 0) is 37.6 Å². The molecule has 2 aromatic rings. The van der Waals surface area contributed by atoms with E-state index in [0.717, 1.165) is 16.9 Å². The normalized spacial score (nSPS) is 10.1. The number of nitrogens with one attached hydrogen (secondary N) is 2. The van der Waals surface area contributed by atoms with E-state index in [-0.39, 0.29) is 5.91 Å². The number of carbonyl (C=O) groups excluding carboxylic acids is 1. The average molecular weight is 255 g/mol. The highest BCUT2D eigenvalue weighted by molar-refractivity contribution is 6.05. The summed E-state index contributed by atoms with van der Waals surface area (Å²) >= 11 is 0. The highest BCUT2D eigenvalue weighted by Gasteiger charge is 2.09. The molecule has 98 valence electrons. The fourth-order valence-corrected chi connectivity index (χ4v) is 1.84. The maximum absolute atomic E-state index is 12.2. The minimum Gasteiger partial charge on any atom is -0.373 e. The molecule has 1 heterocycles. The van der Waals surface area contributed by atoms with Crippen LogP contribution in [0.2, 0.25) is 0 Å². The number of amides is 1. The van der Waals surface area contributed by atoms with E-state index in [1.54, 1.807) is 19.2 Å².